The highest BCUT2D eigenvalue weighted by molar-refractivity contribution is 6.39. The third kappa shape index (κ3) is 13.1. The molecular weight excluding hydrogens is 848 g/mol. The van der Waals surface area contributed by atoms with E-state index in [1.165, 1.54) is 17.0 Å². The first kappa shape index (κ1) is 53.3. The van der Waals surface area contributed by atoms with E-state index in [0.29, 0.717) is 69.8 Å². The van der Waals surface area contributed by atoms with E-state index in [4.69, 9.17) is 23.7 Å². The number of carbonyl (C=O) groups excluding carboxylic acids is 4. The zero-order valence-corrected chi connectivity index (χ0v) is 40.5. The van der Waals surface area contributed by atoms with E-state index in [0.717, 1.165) is 11.1 Å². The number of hydrogen-bond donors (Lipinski definition) is 3. The summed E-state index contributed by atoms with van der Waals surface area (Å²) >= 11 is 0. The van der Waals surface area contributed by atoms with Crippen molar-refractivity contribution in [1.82, 2.24) is 10.2 Å². The molecule has 0 radical (unpaired) electrons. The second kappa shape index (κ2) is 24.6. The van der Waals surface area contributed by atoms with Crippen molar-refractivity contribution in [2.75, 3.05) is 34.4 Å². The maximum atomic E-state index is 15.2. The van der Waals surface area contributed by atoms with Gasteiger partial charge < -0.3 is 38.8 Å². The first-order valence-corrected chi connectivity index (χ1v) is 24.1. The second-order valence-electron chi connectivity index (χ2n) is 19.6. The van der Waals surface area contributed by atoms with Gasteiger partial charge in [-0.25, -0.2) is 9.18 Å². The Labute approximate surface area is 391 Å². The zero-order valence-electron chi connectivity index (χ0n) is 40.5. The summed E-state index contributed by atoms with van der Waals surface area (Å²) < 4.78 is 45.0. The molecular formula is C52H77FN2O11. The maximum absolute atomic E-state index is 15.2. The Morgan fingerprint density at radius 1 is 0.924 bits per heavy atom. The van der Waals surface area contributed by atoms with Gasteiger partial charge in [0.2, 0.25) is 0 Å². The van der Waals surface area contributed by atoms with Crippen LogP contribution in [0.25, 0.3) is 0 Å². The molecule has 3 fully saturated rings. The lowest BCUT2D eigenvalue weighted by Crippen LogP contribution is -2.70. The highest BCUT2D eigenvalue weighted by Crippen LogP contribution is 2.40. The summed E-state index contributed by atoms with van der Waals surface area (Å²) in [6.07, 6.45) is 5.77. The van der Waals surface area contributed by atoms with Gasteiger partial charge in [-0.1, -0.05) is 56.7 Å². The van der Waals surface area contributed by atoms with Gasteiger partial charge in [-0.2, -0.15) is 0 Å². The van der Waals surface area contributed by atoms with E-state index >= 15 is 4.79 Å². The molecule has 3 heterocycles. The van der Waals surface area contributed by atoms with Gasteiger partial charge in [0.1, 0.15) is 29.9 Å². The number of halogens is 1. The van der Waals surface area contributed by atoms with Gasteiger partial charge in [0, 0.05) is 58.6 Å². The first-order chi connectivity index (χ1) is 31.5. The average Bonchev–Trinajstić information content (AvgIpc) is 3.30. The Bertz CT molecular complexity index is 1870. The Morgan fingerprint density at radius 2 is 1.61 bits per heavy atom. The number of allylic oxidation sites excluding steroid dienone is 4. The number of rotatable bonds is 11. The molecule has 1 amide bonds. The number of nitrogens with one attached hydrogen (secondary N) is 1. The van der Waals surface area contributed by atoms with Crippen LogP contribution in [0.3, 0.4) is 0 Å². The Balaban J connectivity index is 1.59. The number of hydrogen-bond acceptors (Lipinski definition) is 12. The number of amides is 1. The summed E-state index contributed by atoms with van der Waals surface area (Å²) in [7, 11) is 4.74. The van der Waals surface area contributed by atoms with E-state index in [1.807, 2.05) is 32.9 Å². The number of ether oxygens (including phenoxy) is 5. The monoisotopic (exact) mass is 925 g/mol. The predicted molar refractivity (Wildman–Crippen MR) is 248 cm³/mol. The van der Waals surface area contributed by atoms with Crippen molar-refractivity contribution in [1.29, 1.82) is 0 Å². The van der Waals surface area contributed by atoms with E-state index in [2.05, 4.69) is 18.8 Å². The lowest BCUT2D eigenvalue weighted by atomic mass is 9.80. The van der Waals surface area contributed by atoms with Gasteiger partial charge in [-0.3, -0.25) is 19.7 Å². The van der Waals surface area contributed by atoms with Crippen LogP contribution in [0.15, 0.2) is 60.2 Å². The number of fused-ring (bicyclic) bond motifs is 3. The molecule has 2 saturated heterocycles. The van der Waals surface area contributed by atoms with Crippen LogP contribution in [0.5, 0.6) is 0 Å². The molecule has 0 aromatic heterocycles. The summed E-state index contributed by atoms with van der Waals surface area (Å²) in [4.78, 5) is 60.3. The number of carbonyl (C=O) groups is 4. The number of aliphatic hydroxyl groups excluding tert-OH is 2. The number of cyclic esters (lactones) is 1. The summed E-state index contributed by atoms with van der Waals surface area (Å²) in [5, 5.41) is 25.7. The third-order valence-corrected chi connectivity index (χ3v) is 14.6. The van der Waals surface area contributed by atoms with Crippen LogP contribution in [0, 0.1) is 35.4 Å². The molecule has 66 heavy (non-hydrogen) atoms. The molecule has 1 aliphatic carbocycles. The highest BCUT2D eigenvalue weighted by atomic mass is 19.1. The molecule has 0 unspecified atom stereocenters. The summed E-state index contributed by atoms with van der Waals surface area (Å²) in [5.74, 6) is -4.87. The maximum Gasteiger partial charge on any atom is 0.329 e. The van der Waals surface area contributed by atoms with Crippen LogP contribution in [-0.4, -0.2) is 127 Å². The van der Waals surface area contributed by atoms with Crippen LogP contribution in [-0.2, 0) is 49.3 Å². The molecule has 2 bridgehead atoms. The Kier molecular flexibility index (Phi) is 19.9. The number of ketones is 2. The number of esters is 1. The standard InChI is InChI=1S/C52H77FN2O11/c1-10-13-38-25-31(2)24-32(3)26-45(63-8)48-46(64-9)28-34(5)52(66-48,54-22-21-36-15-18-39(53)19-16-36)49(59)50(60)55-23-12-11-14-40(55)51(61)65-47(35(6)42(57)30-43(38)58)33(4)27-37-17-20-41(56)44(29-37)62-7/h10,15-16,18-19,25,27,32,34-35,37-38,40-42,44-48,54,56-57H,1,11-14,17,20-24,26,28-30H2,2-9H3/b31-25+,33-27+/t32-,34+,35+,37-,38+,40-,41+,42-,44+,45-,46-,47+,48+,52+/m0/s1. The van der Waals surface area contributed by atoms with Gasteiger partial charge in [-0.05, 0) is 120 Å². The molecule has 1 aromatic rings. The van der Waals surface area contributed by atoms with Crippen LogP contribution >= 0.6 is 0 Å². The molecule has 1 saturated carbocycles. The van der Waals surface area contributed by atoms with Gasteiger partial charge >= 0.3 is 5.97 Å². The fraction of sp³-hybridized carbons (Fsp3) is 0.692. The molecule has 14 heteroatoms. The summed E-state index contributed by atoms with van der Waals surface area (Å²) in [5.41, 5.74) is 0.592. The van der Waals surface area contributed by atoms with Crippen molar-refractivity contribution in [3.63, 3.8) is 0 Å². The molecule has 14 atom stereocenters. The lowest BCUT2D eigenvalue weighted by Gasteiger charge is -2.50. The molecule has 3 aliphatic heterocycles. The number of Topliss-reactive ketones (excluding diaryl/α,β-unsaturated/α-hetero) is 2. The van der Waals surface area contributed by atoms with Crippen LogP contribution in [0.2, 0.25) is 0 Å². The minimum atomic E-state index is -1.86. The van der Waals surface area contributed by atoms with E-state index in [1.54, 1.807) is 46.5 Å². The highest BCUT2D eigenvalue weighted by Gasteiger charge is 2.57. The summed E-state index contributed by atoms with van der Waals surface area (Å²) in [6.45, 7) is 13.7. The lowest BCUT2D eigenvalue weighted by molar-refractivity contribution is -0.243. The second-order valence-corrected chi connectivity index (χ2v) is 19.6. The van der Waals surface area contributed by atoms with E-state index in [9.17, 15) is 29.0 Å². The molecule has 0 spiro atoms. The molecule has 5 rings (SSSR count). The number of benzene rings is 1. The van der Waals surface area contributed by atoms with Crippen molar-refractivity contribution >= 4 is 23.4 Å². The van der Waals surface area contributed by atoms with Crippen LogP contribution < -0.4 is 5.32 Å². The number of aliphatic hydroxyl groups is 2. The minimum absolute atomic E-state index is 0.0171. The molecule has 4 aliphatic rings. The first-order valence-electron chi connectivity index (χ1n) is 24.1. The average molecular weight is 925 g/mol. The topological polar surface area (TPSA) is 170 Å². The molecule has 368 valence electrons. The fourth-order valence-electron chi connectivity index (χ4n) is 10.8. The predicted octanol–water partition coefficient (Wildman–Crippen LogP) is 6.62. The quantitative estimate of drug-likeness (QED) is 0.123. The molecule has 1 aromatic carbocycles. The SMILES string of the molecule is C=CC[C@@H]1/C=C(\C)C[C@H](C)C[C@H](OC)[C@H]2O[C@@](NCCc3ccc(F)cc3)(C(=O)C(=O)N3CCCC[C@H]3C(=O)O[C@H](/C(C)=C/[C@@H]3CC[C@@H](O)[C@H](OC)C3)[C@H](C)[C@@H](O)CC1=O)[C@H](C)C[C@@H]2OC. The Morgan fingerprint density at radius 3 is 2.27 bits per heavy atom. The minimum Gasteiger partial charge on any atom is -0.456 e. The molecule has 13 nitrogen and oxygen atoms in total. The van der Waals surface area contributed by atoms with E-state index < -0.39 is 83.8 Å². The van der Waals surface area contributed by atoms with Gasteiger partial charge in [0.15, 0.2) is 5.72 Å². The fourth-order valence-corrected chi connectivity index (χ4v) is 10.8. The van der Waals surface area contributed by atoms with E-state index in [-0.39, 0.29) is 55.5 Å². The van der Waals surface area contributed by atoms with Crippen molar-refractivity contribution in [2.45, 2.75) is 166 Å². The van der Waals surface area contributed by atoms with Crippen LogP contribution in [0.1, 0.15) is 111 Å². The zero-order chi connectivity index (χ0) is 48.3. The van der Waals surface area contributed by atoms with Crippen molar-refractivity contribution in [3.05, 3.63) is 71.6 Å². The largest absolute Gasteiger partial charge is 0.456 e. The van der Waals surface area contributed by atoms with Gasteiger partial charge in [-0.15, -0.1) is 6.58 Å². The van der Waals surface area contributed by atoms with Crippen molar-refractivity contribution in [3.8, 4) is 0 Å². The number of nitrogens with zero attached hydrogens (tertiary/aromatic N) is 1. The third-order valence-electron chi connectivity index (χ3n) is 14.6. The Hall–Kier alpha value is -3.63. The summed E-state index contributed by atoms with van der Waals surface area (Å²) in [6, 6.07) is 4.97. The smallest absolute Gasteiger partial charge is 0.329 e. The normalized spacial score (nSPS) is 37.0. The van der Waals surface area contributed by atoms with Crippen molar-refractivity contribution < 1.29 is 57.5 Å². The van der Waals surface area contributed by atoms with Crippen molar-refractivity contribution in [2.24, 2.45) is 29.6 Å². The number of methoxy groups -OCH3 is 3. The molecule has 3 N–H and O–H groups in total. The van der Waals surface area contributed by atoms with Gasteiger partial charge in [0.25, 0.3) is 11.7 Å². The number of piperidine rings is 1. The van der Waals surface area contributed by atoms with Crippen LogP contribution in [0.4, 0.5) is 4.39 Å². The van der Waals surface area contributed by atoms with Gasteiger partial charge in [0.05, 0.1) is 30.5 Å².